The summed E-state index contributed by atoms with van der Waals surface area (Å²) in [6.45, 7) is 33.7. The molecule has 0 saturated heterocycles. The van der Waals surface area contributed by atoms with E-state index < -0.39 is 0 Å². The Morgan fingerprint density at radius 2 is 0.543 bits per heavy atom. The third-order valence-electron chi connectivity index (χ3n) is 10.9. The van der Waals surface area contributed by atoms with Gasteiger partial charge in [-0.15, -0.1) is 0 Å². The number of aromatic hydroxyl groups is 4. The maximum Gasteiger partial charge on any atom is 0 e. The van der Waals surface area contributed by atoms with Crippen molar-refractivity contribution in [2.45, 2.75) is 131 Å². The maximum atomic E-state index is 10.3. The largest absolute Gasteiger partial charge is 0.358 e. The van der Waals surface area contributed by atoms with Gasteiger partial charge in [0, 0.05) is 98.6 Å². The summed E-state index contributed by atoms with van der Waals surface area (Å²) in [5.41, 5.74) is 11.0. The van der Waals surface area contributed by atoms with E-state index in [2.05, 4.69) is 26.6 Å². The Bertz CT molecular complexity index is 2040. The molecule has 1 radical (unpaired) electrons. The molecule has 4 aromatic carbocycles. The number of hydrogen-bond acceptors (Lipinski definition) is 8. The van der Waals surface area contributed by atoms with Crippen molar-refractivity contribution in [3.8, 4) is 23.0 Å². The summed E-state index contributed by atoms with van der Waals surface area (Å²) >= 11 is 0. The van der Waals surface area contributed by atoms with Crippen molar-refractivity contribution < 1.29 is 96.0 Å². The van der Waals surface area contributed by atoms with Crippen LogP contribution in [0.1, 0.15) is 118 Å². The predicted molar refractivity (Wildman–Crippen MR) is 265 cm³/mol. The number of phenolic OH excluding ortho intramolecular Hbond substituents is 4. The van der Waals surface area contributed by atoms with E-state index in [-0.39, 0.29) is 96.0 Å². The summed E-state index contributed by atoms with van der Waals surface area (Å²) in [5.74, 6) is 1.19. The van der Waals surface area contributed by atoms with E-state index in [0.717, 1.165) is 118 Å². The van der Waals surface area contributed by atoms with Crippen LogP contribution >= 0.6 is 0 Å². The van der Waals surface area contributed by atoms with E-state index in [1.54, 1.807) is 24.9 Å². The SMILES string of the molecule is Cc1cc(C)c(O)c(C=NC2CCCC[C@H]2N=Cc2cc(C)cc(C)c2O)c1.Cc1cc(C)c(O)c(C=NC2CCCC[C@H]2N=Cc2cc(C)cc(C)c2O)c1.O.[C-]#[O+].[C-]#[O+].[C-]#[O+].[C-]#[O+].[CH3-].[CH3-].[Co].[Cr].[Cr]. The van der Waals surface area contributed by atoms with Gasteiger partial charge in [0.1, 0.15) is 23.0 Å². The number of hydrogen-bond donors (Lipinski definition) is 4. The minimum absolute atomic E-state index is 0. The van der Waals surface area contributed by atoms with E-state index in [9.17, 15) is 20.4 Å². The topological polar surface area (TPSA) is 241 Å². The zero-order valence-corrected chi connectivity index (χ0v) is 45.3. The molecular weight excluding hydrogens is 1010 g/mol. The minimum atomic E-state index is 0. The number of phenols is 4. The van der Waals surface area contributed by atoms with Gasteiger partial charge < -0.3 is 40.8 Å². The number of aliphatic imine (C=N–C) groups is 4. The van der Waals surface area contributed by atoms with Gasteiger partial charge in [-0.1, -0.05) is 49.9 Å². The van der Waals surface area contributed by atoms with Gasteiger partial charge in [0.15, 0.2) is 0 Å². The molecule has 2 fully saturated rings. The smallest absolute Gasteiger partial charge is 0 e. The van der Waals surface area contributed by atoms with Crippen molar-refractivity contribution in [3.63, 3.8) is 0 Å². The first-order chi connectivity index (χ1) is 30.7. The summed E-state index contributed by atoms with van der Waals surface area (Å²) in [7, 11) is 0. The molecular formula is C54H68CoCr2N4O9-2. The molecule has 16 heteroatoms. The molecule has 0 spiro atoms. The molecule has 13 nitrogen and oxygen atoms in total. The molecule has 4 atom stereocenters. The molecule has 70 heavy (non-hydrogen) atoms. The van der Waals surface area contributed by atoms with Crippen molar-refractivity contribution in [2.24, 2.45) is 20.0 Å². The van der Waals surface area contributed by atoms with Crippen molar-refractivity contribution in [2.75, 3.05) is 0 Å². The Kier molecular flexibility index (Phi) is 44.9. The van der Waals surface area contributed by atoms with Gasteiger partial charge in [0.05, 0.1) is 24.2 Å². The molecule has 6 N–H and O–H groups in total. The molecule has 0 aliphatic heterocycles. The monoisotopic (exact) mass is 1080 g/mol. The van der Waals surface area contributed by atoms with Crippen molar-refractivity contribution in [3.05, 3.63) is 157 Å². The third-order valence-corrected chi connectivity index (χ3v) is 10.9. The predicted octanol–water partition coefficient (Wildman–Crippen LogP) is 10.3. The molecule has 2 saturated carbocycles. The fourth-order valence-electron chi connectivity index (χ4n) is 7.95. The Morgan fingerprint density at radius 1 is 0.386 bits per heavy atom. The number of rotatable bonds is 8. The first kappa shape index (κ1) is 76.7. The normalized spacial score (nSPS) is 16.3. The standard InChI is InChI=1S/2C24H30N2O2.4CO.2CH3.Co.2Cr.H2O/c2*1-15-9-17(3)23(27)19(11-15)13-25-21-7-5-6-8-22(21)26-14-20-12-16(2)10-18(4)24(20)28;4*1-2;;;;;;/h2*9-14,21-22,27-28H,5-8H2,1-4H3;;;;;2*1H3;;;;1H2/q;;;;;;2*-1;;;;/t2*21-,22?;;;;;;;;;;/m11........../s1. The molecule has 2 unspecified atom stereocenters. The summed E-state index contributed by atoms with van der Waals surface area (Å²) in [4.78, 5) is 19.1. The number of aryl methyl sites for hydroxylation is 8. The van der Waals surface area contributed by atoms with Crippen LogP contribution in [-0.4, -0.2) is 74.9 Å². The van der Waals surface area contributed by atoms with Gasteiger partial charge in [-0.2, -0.15) is 0 Å². The van der Waals surface area contributed by atoms with Crippen LogP contribution in [0, 0.1) is 96.8 Å². The van der Waals surface area contributed by atoms with Gasteiger partial charge in [-0.05, 0) is 150 Å². The fourth-order valence-corrected chi connectivity index (χ4v) is 7.95. The molecule has 0 heterocycles. The molecule has 4 aromatic rings. The van der Waals surface area contributed by atoms with E-state index in [0.29, 0.717) is 23.0 Å². The third kappa shape index (κ3) is 23.9. The van der Waals surface area contributed by atoms with Gasteiger partial charge in [0.2, 0.25) is 0 Å². The molecule has 2 aliphatic carbocycles. The molecule has 6 rings (SSSR count). The van der Waals surface area contributed by atoms with Crippen molar-refractivity contribution in [1.82, 2.24) is 0 Å². The van der Waals surface area contributed by atoms with Crippen LogP contribution in [0.25, 0.3) is 0 Å². The van der Waals surface area contributed by atoms with Crippen LogP contribution in [0.5, 0.6) is 23.0 Å². The Hall–Kier alpha value is -4.75. The van der Waals surface area contributed by atoms with Gasteiger partial charge in [-0.3, -0.25) is 20.0 Å². The van der Waals surface area contributed by atoms with Gasteiger partial charge in [-0.25, -0.2) is 0 Å². The molecule has 0 aromatic heterocycles. The Balaban J connectivity index is -0.000000238. The first-order valence-electron chi connectivity index (χ1n) is 20.8. The number of benzene rings is 4. The van der Waals surface area contributed by atoms with E-state index in [1.165, 1.54) is 0 Å². The van der Waals surface area contributed by atoms with Crippen molar-refractivity contribution >= 4 is 24.9 Å². The van der Waals surface area contributed by atoms with E-state index in [1.807, 2.05) is 104 Å². The summed E-state index contributed by atoms with van der Waals surface area (Å²) < 4.78 is 30.0. The van der Waals surface area contributed by atoms with Crippen molar-refractivity contribution in [1.29, 1.82) is 0 Å². The molecule has 0 bridgehead atoms. The quantitative estimate of drug-likeness (QED) is 0.0765. The molecule has 2 aliphatic rings. The minimum Gasteiger partial charge on any atom is -0.358 e. The van der Waals surface area contributed by atoms with Crippen LogP contribution < -0.4 is 0 Å². The van der Waals surface area contributed by atoms with Gasteiger partial charge >= 0.3 is 45.2 Å². The average molecular weight is 1080 g/mol. The zero-order valence-electron chi connectivity index (χ0n) is 41.8. The summed E-state index contributed by atoms with van der Waals surface area (Å²) in [6.07, 6.45) is 15.7. The zero-order chi connectivity index (χ0) is 48.5. The number of nitrogens with zero attached hydrogens (tertiary/aromatic N) is 4. The van der Waals surface area contributed by atoms with Crippen LogP contribution in [0.4, 0.5) is 0 Å². The average Bonchev–Trinajstić information content (AvgIpc) is 3.30. The van der Waals surface area contributed by atoms with E-state index >= 15 is 0 Å². The Labute approximate surface area is 448 Å². The Morgan fingerprint density at radius 3 is 0.700 bits per heavy atom. The summed E-state index contributed by atoms with van der Waals surface area (Å²) in [5, 5.41) is 41.2. The van der Waals surface area contributed by atoms with Crippen LogP contribution in [-0.2, 0) is 70.1 Å². The van der Waals surface area contributed by atoms with Crippen LogP contribution in [0.3, 0.4) is 0 Å². The van der Waals surface area contributed by atoms with Crippen LogP contribution in [0.2, 0.25) is 0 Å². The summed E-state index contributed by atoms with van der Waals surface area (Å²) in [6, 6.07) is 16.1. The van der Waals surface area contributed by atoms with Crippen LogP contribution in [0.15, 0.2) is 68.5 Å². The maximum absolute atomic E-state index is 10.3. The second-order valence-corrected chi connectivity index (χ2v) is 16.0. The van der Waals surface area contributed by atoms with E-state index in [4.69, 9.17) is 38.6 Å². The second kappa shape index (κ2) is 40.9. The second-order valence-electron chi connectivity index (χ2n) is 16.0. The fraction of sp³-hybridized carbons (Fsp3) is 0.370. The molecule has 381 valence electrons. The first-order valence-corrected chi connectivity index (χ1v) is 20.8. The van der Waals surface area contributed by atoms with Gasteiger partial charge in [0.25, 0.3) is 0 Å². The molecule has 0 amide bonds.